The summed E-state index contributed by atoms with van der Waals surface area (Å²) in [4.78, 5) is 24.4. The van der Waals surface area contributed by atoms with E-state index in [0.29, 0.717) is 13.1 Å². The van der Waals surface area contributed by atoms with Crippen LogP contribution in [-0.4, -0.2) is 66.1 Å². The summed E-state index contributed by atoms with van der Waals surface area (Å²) < 4.78 is 10.6. The van der Waals surface area contributed by atoms with Crippen LogP contribution < -0.4 is 5.32 Å². The zero-order valence-electron chi connectivity index (χ0n) is 12.7. The average molecular weight is 288 g/mol. The van der Waals surface area contributed by atoms with Gasteiger partial charge in [-0.2, -0.15) is 0 Å². The second kappa shape index (κ2) is 6.41. The molecule has 0 spiro atoms. The van der Waals surface area contributed by atoms with Gasteiger partial charge in [-0.1, -0.05) is 0 Å². The van der Waals surface area contributed by atoms with Crippen LogP contribution >= 0.6 is 0 Å². The molecule has 1 aliphatic heterocycles. The van der Waals surface area contributed by atoms with Gasteiger partial charge in [0.15, 0.2) is 0 Å². The predicted molar refractivity (Wildman–Crippen MR) is 72.6 cm³/mol. The Morgan fingerprint density at radius 3 is 2.40 bits per heavy atom. The molecule has 0 aliphatic carbocycles. The molecule has 7 heteroatoms. The summed E-state index contributed by atoms with van der Waals surface area (Å²) in [6.45, 7) is 7.72. The first-order valence-corrected chi connectivity index (χ1v) is 6.63. The van der Waals surface area contributed by atoms with Crippen molar-refractivity contribution in [1.29, 1.82) is 0 Å². The second-order valence-corrected chi connectivity index (χ2v) is 5.99. The summed E-state index contributed by atoms with van der Waals surface area (Å²) in [6.07, 6.45) is -0.656. The van der Waals surface area contributed by atoms with Crippen molar-refractivity contribution < 1.29 is 24.2 Å². The predicted octanol–water partition coefficient (Wildman–Crippen LogP) is 0.683. The van der Waals surface area contributed by atoms with E-state index in [9.17, 15) is 9.59 Å². The van der Waals surface area contributed by atoms with Crippen molar-refractivity contribution in [3.05, 3.63) is 0 Å². The van der Waals surface area contributed by atoms with Crippen LogP contribution in [0.4, 0.5) is 4.79 Å². The van der Waals surface area contributed by atoms with Crippen molar-refractivity contribution in [1.82, 2.24) is 10.2 Å². The minimum absolute atomic E-state index is 0.224. The number of hydrogen-bond acceptors (Lipinski definition) is 5. The van der Waals surface area contributed by atoms with Gasteiger partial charge in [-0.05, 0) is 27.7 Å². The van der Waals surface area contributed by atoms with Crippen LogP contribution in [0.15, 0.2) is 0 Å². The number of rotatable bonds is 4. The lowest BCUT2D eigenvalue weighted by atomic mass is 10.2. The molecule has 1 rings (SSSR count). The molecular weight excluding hydrogens is 264 g/mol. The number of aliphatic carboxylic acids is 1. The Kier molecular flexibility index (Phi) is 5.35. The topological polar surface area (TPSA) is 88.1 Å². The monoisotopic (exact) mass is 288 g/mol. The molecular formula is C13H24N2O5. The number of carbonyl (C=O) groups excluding carboxylic acids is 1. The van der Waals surface area contributed by atoms with Crippen molar-refractivity contribution in [2.45, 2.75) is 51.5 Å². The average Bonchev–Trinajstić information content (AvgIpc) is 2.69. The molecule has 1 fully saturated rings. The zero-order valence-corrected chi connectivity index (χ0v) is 12.7. The maximum absolute atomic E-state index is 12.0. The molecule has 0 aromatic heterocycles. The molecule has 0 bridgehead atoms. The number of carbonyl (C=O) groups is 2. The van der Waals surface area contributed by atoms with Gasteiger partial charge in [0.2, 0.25) is 0 Å². The van der Waals surface area contributed by atoms with Crippen LogP contribution in [0.2, 0.25) is 0 Å². The summed E-state index contributed by atoms with van der Waals surface area (Å²) in [5.41, 5.74) is -0.556. The number of likely N-dealkylation sites (tertiary alicyclic amines) is 1. The van der Waals surface area contributed by atoms with Crippen molar-refractivity contribution in [2.75, 3.05) is 20.2 Å². The van der Waals surface area contributed by atoms with Gasteiger partial charge in [0.25, 0.3) is 0 Å². The van der Waals surface area contributed by atoms with Crippen LogP contribution in [0.1, 0.15) is 27.7 Å². The van der Waals surface area contributed by atoms with Crippen LogP contribution in [0, 0.1) is 0 Å². The van der Waals surface area contributed by atoms with E-state index in [2.05, 4.69) is 5.32 Å². The van der Waals surface area contributed by atoms with Gasteiger partial charge in [-0.25, -0.2) is 4.79 Å². The largest absolute Gasteiger partial charge is 0.480 e. The van der Waals surface area contributed by atoms with Crippen LogP contribution in [0.25, 0.3) is 0 Å². The smallest absolute Gasteiger partial charge is 0.410 e. The molecule has 1 aliphatic rings. The lowest BCUT2D eigenvalue weighted by Gasteiger charge is -2.24. The van der Waals surface area contributed by atoms with E-state index in [0.717, 1.165) is 0 Å². The fourth-order valence-corrected chi connectivity index (χ4v) is 2.04. The van der Waals surface area contributed by atoms with E-state index in [1.165, 1.54) is 4.90 Å². The zero-order chi connectivity index (χ0) is 15.5. The number of ether oxygens (including phenoxy) is 2. The Balaban J connectivity index is 2.63. The fourth-order valence-electron chi connectivity index (χ4n) is 2.04. The van der Waals surface area contributed by atoms with Crippen molar-refractivity contribution in [2.24, 2.45) is 0 Å². The number of nitrogens with zero attached hydrogens (tertiary/aromatic N) is 1. The Labute approximate surface area is 119 Å². The quantitative estimate of drug-likeness (QED) is 0.791. The number of carboxylic acid groups (broad SMARTS) is 1. The maximum atomic E-state index is 12.0. The van der Waals surface area contributed by atoms with Crippen molar-refractivity contribution in [3.8, 4) is 0 Å². The third-order valence-electron chi connectivity index (χ3n) is 3.06. The Hall–Kier alpha value is -1.34. The van der Waals surface area contributed by atoms with E-state index in [4.69, 9.17) is 14.6 Å². The van der Waals surface area contributed by atoms with E-state index >= 15 is 0 Å². The van der Waals surface area contributed by atoms with Gasteiger partial charge >= 0.3 is 12.1 Å². The Morgan fingerprint density at radius 1 is 1.35 bits per heavy atom. The van der Waals surface area contributed by atoms with Gasteiger partial charge in [-0.3, -0.25) is 10.1 Å². The molecule has 1 heterocycles. The Bertz CT molecular complexity index is 366. The Morgan fingerprint density at radius 2 is 1.95 bits per heavy atom. The number of nitrogens with one attached hydrogen (secondary N) is 1. The van der Waals surface area contributed by atoms with Gasteiger partial charge in [0, 0.05) is 13.7 Å². The first-order valence-electron chi connectivity index (χ1n) is 6.63. The van der Waals surface area contributed by atoms with Gasteiger partial charge in [-0.15, -0.1) is 0 Å². The lowest BCUT2D eigenvalue weighted by molar-refractivity contribution is -0.139. The summed E-state index contributed by atoms with van der Waals surface area (Å²) in [7, 11) is 1.55. The lowest BCUT2D eigenvalue weighted by Crippen LogP contribution is -2.47. The van der Waals surface area contributed by atoms with E-state index in [-0.39, 0.29) is 12.1 Å². The highest BCUT2D eigenvalue weighted by molar-refractivity contribution is 5.73. The number of methoxy groups -OCH3 is 1. The summed E-state index contributed by atoms with van der Waals surface area (Å²) in [5.74, 6) is -0.935. The summed E-state index contributed by atoms with van der Waals surface area (Å²) in [6, 6.07) is -0.921. The standard InChI is InChI=1S/C13H24N2O5/c1-8(11(16)17)14-9-6-15(7-10(9)19-5)12(18)20-13(2,3)4/h8-10,14H,6-7H2,1-5H3,(H,16,17)/t8?,9?,10-/m0/s1. The molecule has 1 saturated heterocycles. The molecule has 2 unspecified atom stereocenters. The van der Waals surface area contributed by atoms with E-state index < -0.39 is 23.7 Å². The second-order valence-electron chi connectivity index (χ2n) is 5.99. The molecule has 116 valence electrons. The summed E-state index contributed by atoms with van der Waals surface area (Å²) >= 11 is 0. The minimum atomic E-state index is -0.935. The maximum Gasteiger partial charge on any atom is 0.410 e. The number of hydrogen-bond donors (Lipinski definition) is 2. The molecule has 20 heavy (non-hydrogen) atoms. The van der Waals surface area contributed by atoms with Crippen LogP contribution in [0.3, 0.4) is 0 Å². The van der Waals surface area contributed by atoms with E-state index in [1.54, 1.807) is 34.8 Å². The molecule has 0 saturated carbocycles. The third-order valence-corrected chi connectivity index (χ3v) is 3.06. The van der Waals surface area contributed by atoms with E-state index in [1.807, 2.05) is 0 Å². The van der Waals surface area contributed by atoms with Crippen molar-refractivity contribution in [3.63, 3.8) is 0 Å². The van der Waals surface area contributed by atoms with Crippen LogP contribution in [0.5, 0.6) is 0 Å². The highest BCUT2D eigenvalue weighted by Crippen LogP contribution is 2.17. The molecule has 2 N–H and O–H groups in total. The SMILES string of the molecule is CO[C@H]1CN(C(=O)OC(C)(C)C)CC1NC(C)C(=O)O. The van der Waals surface area contributed by atoms with Gasteiger partial charge < -0.3 is 19.5 Å². The molecule has 1 amide bonds. The minimum Gasteiger partial charge on any atom is -0.480 e. The molecule has 3 atom stereocenters. The molecule has 0 radical (unpaired) electrons. The first-order chi connectivity index (χ1) is 9.14. The van der Waals surface area contributed by atoms with Crippen LogP contribution in [-0.2, 0) is 14.3 Å². The number of carboxylic acids is 1. The highest BCUT2D eigenvalue weighted by atomic mass is 16.6. The molecule has 7 nitrogen and oxygen atoms in total. The number of amides is 1. The fraction of sp³-hybridized carbons (Fsp3) is 0.846. The third kappa shape index (κ3) is 4.64. The first kappa shape index (κ1) is 16.7. The van der Waals surface area contributed by atoms with Gasteiger partial charge in [0.1, 0.15) is 11.6 Å². The normalized spacial score (nSPS) is 24.6. The molecule has 0 aromatic carbocycles. The highest BCUT2D eigenvalue weighted by Gasteiger charge is 2.38. The van der Waals surface area contributed by atoms with Gasteiger partial charge in [0.05, 0.1) is 18.7 Å². The molecule has 0 aromatic rings. The summed E-state index contributed by atoms with van der Waals surface area (Å²) in [5, 5.41) is 11.9. The van der Waals surface area contributed by atoms with Crippen molar-refractivity contribution >= 4 is 12.1 Å².